The van der Waals surface area contributed by atoms with Gasteiger partial charge in [0.05, 0.1) is 0 Å². The molecule has 0 saturated heterocycles. The summed E-state index contributed by atoms with van der Waals surface area (Å²) < 4.78 is 3.87. The van der Waals surface area contributed by atoms with E-state index in [1.165, 1.54) is 0 Å². The summed E-state index contributed by atoms with van der Waals surface area (Å²) >= 11 is 1.14. The van der Waals surface area contributed by atoms with Gasteiger partial charge in [-0.05, 0) is 0 Å². The Hall–Kier alpha value is 1.15. The smallest absolute Gasteiger partial charge is 0 e. The van der Waals surface area contributed by atoms with Gasteiger partial charge < -0.3 is 0 Å². The van der Waals surface area contributed by atoms with Crippen LogP contribution in [0.5, 0.6) is 0 Å². The zero-order valence-electron chi connectivity index (χ0n) is 2.59. The molecule has 0 aliphatic rings. The molecule has 0 heterocycles. The molecular weight excluding hydrogens is 218 g/mol. The molecule has 6 heteroatoms. The molecule has 0 fully saturated rings. The van der Waals surface area contributed by atoms with Gasteiger partial charge in [-0.3, -0.25) is 0 Å². The van der Waals surface area contributed by atoms with E-state index in [0.717, 1.165) is 20.2 Å². The van der Waals surface area contributed by atoms with Crippen LogP contribution in [-0.2, 0) is 40.6 Å². The van der Waals surface area contributed by atoms with Crippen molar-refractivity contribution >= 4 is 7.32 Å². The van der Waals surface area contributed by atoms with Crippen LogP contribution >= 0.6 is 0 Å². The van der Waals surface area contributed by atoms with Crippen molar-refractivity contribution in [2.24, 2.45) is 0 Å². The zero-order valence-corrected chi connectivity index (χ0v) is 5.54. The summed E-state index contributed by atoms with van der Waals surface area (Å²) in [4.78, 5) is 0. The van der Waals surface area contributed by atoms with E-state index in [9.17, 15) is 0 Å². The molecule has 0 spiro atoms. The fraction of sp³-hybridized carbons (Fsp3) is 0. The number of hydrogen-bond acceptors (Lipinski definition) is 3. The Labute approximate surface area is 58.1 Å². The summed E-state index contributed by atoms with van der Waals surface area (Å²) in [5.41, 5.74) is 0. The molecule has 0 aliphatic heterocycles. The summed E-state index contributed by atoms with van der Waals surface area (Å²) in [5.74, 6) is 0. The van der Waals surface area contributed by atoms with Crippen molar-refractivity contribution in [1.82, 2.24) is 0 Å². The predicted octanol–water partition coefficient (Wildman–Crippen LogP) is -1.57. The van der Waals surface area contributed by atoms with E-state index < -0.39 is 7.32 Å². The van der Waals surface area contributed by atoms with Crippen LogP contribution in [0.25, 0.3) is 0 Å². The van der Waals surface area contributed by atoms with Gasteiger partial charge in [-0.25, -0.2) is 0 Å². The van der Waals surface area contributed by atoms with Crippen LogP contribution in [0.2, 0.25) is 0 Å². The normalized spacial score (nSPS) is 6.33. The molecule has 0 aromatic heterocycles. The van der Waals surface area contributed by atoms with Gasteiger partial charge in [-0.15, -0.1) is 0 Å². The molecule has 1 radical (unpaired) electrons. The van der Waals surface area contributed by atoms with E-state index in [-0.39, 0.29) is 17.1 Å². The summed E-state index contributed by atoms with van der Waals surface area (Å²) in [7, 11) is -1.61. The minimum atomic E-state index is -1.61. The minimum Gasteiger partial charge on any atom is 0 e. The monoisotopic (exact) mass is 222 g/mol. The average Bonchev–Trinajstić information content (AvgIpc) is 1.38. The van der Waals surface area contributed by atoms with Gasteiger partial charge in [0, 0.05) is 17.1 Å². The van der Waals surface area contributed by atoms with Gasteiger partial charge in [-0.2, -0.15) is 0 Å². The van der Waals surface area contributed by atoms with Crippen LogP contribution in [0.15, 0.2) is 0 Å². The van der Waals surface area contributed by atoms with Crippen molar-refractivity contribution in [1.29, 1.82) is 0 Å². The first-order valence-electron chi connectivity index (χ1n) is 0.919. The van der Waals surface area contributed by atoms with Crippen LogP contribution in [0.3, 0.4) is 0 Å². The molecule has 6 heavy (non-hydrogen) atoms. The van der Waals surface area contributed by atoms with Crippen molar-refractivity contribution in [3.05, 3.63) is 0 Å². The van der Waals surface area contributed by atoms with E-state index >= 15 is 0 Å². The Balaban J connectivity index is 0. The topological polar surface area (TPSA) is 49.7 Å². The molecule has 0 aliphatic carbocycles. The van der Waals surface area contributed by atoms with Crippen LogP contribution < -0.4 is 0 Å². The summed E-state index contributed by atoms with van der Waals surface area (Å²) in [6.45, 7) is 0. The first-order valence-corrected chi connectivity index (χ1v) is 1.74. The Morgan fingerprint density at radius 3 is 1.67 bits per heavy atom. The van der Waals surface area contributed by atoms with Gasteiger partial charge in [0.15, 0.2) is 0 Å². The molecule has 0 unspecified atom stereocenters. The van der Waals surface area contributed by atoms with Crippen molar-refractivity contribution in [2.75, 3.05) is 0 Å². The van der Waals surface area contributed by atoms with Gasteiger partial charge in [-0.1, -0.05) is 0 Å². The second kappa shape index (κ2) is 6.15. The maximum atomic E-state index is 7.70. The SMILES string of the molecule is OB(O)[O][Mo].[Cu]. The average molecular weight is 220 g/mol. The molecule has 3 nitrogen and oxygen atoms in total. The van der Waals surface area contributed by atoms with Crippen molar-refractivity contribution in [3.8, 4) is 0 Å². The van der Waals surface area contributed by atoms with E-state index in [2.05, 4.69) is 3.31 Å². The van der Waals surface area contributed by atoms with Crippen molar-refractivity contribution < 1.29 is 50.6 Å². The Bertz CT molecular complexity index is 24.8. The largest absolute Gasteiger partial charge is 0 e. The van der Waals surface area contributed by atoms with Gasteiger partial charge in [0.2, 0.25) is 0 Å². The van der Waals surface area contributed by atoms with Crippen LogP contribution in [-0.4, -0.2) is 17.4 Å². The van der Waals surface area contributed by atoms with E-state index in [0.29, 0.717) is 0 Å². The quantitative estimate of drug-likeness (QED) is 0.525. The maximum absolute atomic E-state index is 7.70. The summed E-state index contributed by atoms with van der Waals surface area (Å²) in [6.07, 6.45) is 0. The first kappa shape index (κ1) is 10.2. The van der Waals surface area contributed by atoms with Crippen molar-refractivity contribution in [3.63, 3.8) is 0 Å². The molecule has 0 amide bonds. The Kier molecular flexibility index (Phi) is 10.5. The molecule has 0 aromatic carbocycles. The third kappa shape index (κ3) is 8.94. The Morgan fingerprint density at radius 1 is 1.50 bits per heavy atom. The van der Waals surface area contributed by atoms with Crippen molar-refractivity contribution in [2.45, 2.75) is 0 Å². The molecular formula is H2BCuMoO3. The predicted molar refractivity (Wildman–Crippen MR) is 11.3 cm³/mol. The number of rotatable bonds is 1. The fourth-order valence-electron chi connectivity index (χ4n) is 0. The Morgan fingerprint density at radius 2 is 1.67 bits per heavy atom. The summed E-state index contributed by atoms with van der Waals surface area (Å²) in [6, 6.07) is 0. The second-order valence-electron chi connectivity index (χ2n) is 0.423. The van der Waals surface area contributed by atoms with E-state index in [1.54, 1.807) is 0 Å². The van der Waals surface area contributed by atoms with E-state index in [4.69, 9.17) is 10.0 Å². The molecule has 2 N–H and O–H groups in total. The second-order valence-corrected chi connectivity index (χ2v) is 0.896. The third-order valence-electron chi connectivity index (χ3n) is 0.0861. The molecule has 0 aromatic rings. The van der Waals surface area contributed by atoms with Gasteiger partial charge in [0.1, 0.15) is 0 Å². The maximum Gasteiger partial charge on any atom is 0 e. The third-order valence-corrected chi connectivity index (χ3v) is 0.509. The molecule has 0 bridgehead atoms. The standard InChI is InChI=1S/BH2O3.Cu.Mo/c2-1(3)4;;/h2-3H;;/q-1;;+1. The molecule has 0 atom stereocenters. The summed E-state index contributed by atoms with van der Waals surface area (Å²) in [5, 5.41) is 15.4. The zero-order chi connectivity index (χ0) is 4.28. The molecule has 40 valence electrons. The van der Waals surface area contributed by atoms with Gasteiger partial charge >= 0.3 is 40.9 Å². The van der Waals surface area contributed by atoms with Gasteiger partial charge in [0.25, 0.3) is 0 Å². The molecule has 0 rings (SSSR count). The fourth-order valence-corrected chi connectivity index (χ4v) is 0. The van der Waals surface area contributed by atoms with Crippen LogP contribution in [0.1, 0.15) is 0 Å². The van der Waals surface area contributed by atoms with Crippen LogP contribution in [0.4, 0.5) is 0 Å². The number of hydrogen-bond donors (Lipinski definition) is 2. The van der Waals surface area contributed by atoms with E-state index in [1.807, 2.05) is 0 Å². The van der Waals surface area contributed by atoms with Crippen LogP contribution in [0, 0.1) is 0 Å². The first-order chi connectivity index (χ1) is 2.27. The molecule has 0 saturated carbocycles. The minimum absolute atomic E-state index is 0.